The van der Waals surface area contributed by atoms with Gasteiger partial charge in [-0.15, -0.1) is 11.3 Å². The lowest BCUT2D eigenvalue weighted by atomic mass is 9.80. The van der Waals surface area contributed by atoms with Crippen molar-refractivity contribution in [3.05, 3.63) is 56.8 Å². The maximum absolute atomic E-state index is 6.57. The molecule has 100 valence electrons. The van der Waals surface area contributed by atoms with Gasteiger partial charge >= 0.3 is 0 Å². The van der Waals surface area contributed by atoms with Crippen LogP contribution in [0.25, 0.3) is 0 Å². The first-order valence-electron chi connectivity index (χ1n) is 7.06. The largest absolute Gasteiger partial charge is 0.323 e. The Morgan fingerprint density at radius 2 is 2.05 bits per heavy atom. The van der Waals surface area contributed by atoms with Crippen molar-refractivity contribution in [1.29, 1.82) is 0 Å². The maximum atomic E-state index is 6.57. The molecule has 2 heteroatoms. The SMILES string of the molecule is Cc1ccc(C(N)C2CCCc3sccc32)cc1C. The summed E-state index contributed by atoms with van der Waals surface area (Å²) in [5.74, 6) is 0.497. The second-order valence-electron chi connectivity index (χ2n) is 5.67. The quantitative estimate of drug-likeness (QED) is 0.856. The van der Waals surface area contributed by atoms with Gasteiger partial charge < -0.3 is 5.73 Å². The summed E-state index contributed by atoms with van der Waals surface area (Å²) < 4.78 is 0. The highest BCUT2D eigenvalue weighted by Gasteiger charge is 2.27. The molecule has 1 aliphatic carbocycles. The summed E-state index contributed by atoms with van der Waals surface area (Å²) in [6, 6.07) is 9.08. The molecule has 0 bridgehead atoms. The second kappa shape index (κ2) is 5.10. The van der Waals surface area contributed by atoms with E-state index in [1.54, 1.807) is 4.88 Å². The monoisotopic (exact) mass is 271 g/mol. The average Bonchev–Trinajstić information content (AvgIpc) is 2.89. The van der Waals surface area contributed by atoms with Crippen LogP contribution in [0.3, 0.4) is 0 Å². The predicted octanol–water partition coefficient (Wildman–Crippen LogP) is 4.48. The third-order valence-corrected chi connectivity index (χ3v) is 5.44. The molecule has 19 heavy (non-hydrogen) atoms. The Labute approximate surface area is 119 Å². The van der Waals surface area contributed by atoms with Gasteiger partial charge in [0.25, 0.3) is 0 Å². The third kappa shape index (κ3) is 2.35. The molecule has 2 atom stereocenters. The second-order valence-corrected chi connectivity index (χ2v) is 6.67. The van der Waals surface area contributed by atoms with E-state index in [4.69, 9.17) is 5.73 Å². The highest BCUT2D eigenvalue weighted by molar-refractivity contribution is 7.10. The van der Waals surface area contributed by atoms with E-state index >= 15 is 0 Å². The van der Waals surface area contributed by atoms with Crippen LogP contribution in [0.15, 0.2) is 29.6 Å². The van der Waals surface area contributed by atoms with Gasteiger partial charge in [0.05, 0.1) is 0 Å². The maximum Gasteiger partial charge on any atom is 0.0364 e. The molecule has 0 saturated heterocycles. The van der Waals surface area contributed by atoms with Crippen LogP contribution in [-0.2, 0) is 6.42 Å². The van der Waals surface area contributed by atoms with Crippen LogP contribution in [0.4, 0.5) is 0 Å². The van der Waals surface area contributed by atoms with Crippen molar-refractivity contribution in [2.75, 3.05) is 0 Å². The molecule has 2 unspecified atom stereocenters. The van der Waals surface area contributed by atoms with E-state index in [1.165, 1.54) is 41.5 Å². The zero-order valence-corrected chi connectivity index (χ0v) is 12.5. The standard InChI is InChI=1S/C17H21NS/c1-11-6-7-13(10-12(11)2)17(18)15-4-3-5-16-14(15)8-9-19-16/h6-10,15,17H,3-5,18H2,1-2H3. The number of thiophene rings is 1. The summed E-state index contributed by atoms with van der Waals surface area (Å²) in [6.07, 6.45) is 3.73. The molecular weight excluding hydrogens is 250 g/mol. The van der Waals surface area contributed by atoms with Crippen LogP contribution in [0.1, 0.15) is 51.9 Å². The minimum atomic E-state index is 0.132. The summed E-state index contributed by atoms with van der Waals surface area (Å²) >= 11 is 1.89. The zero-order chi connectivity index (χ0) is 13.4. The minimum Gasteiger partial charge on any atom is -0.323 e. The molecule has 0 radical (unpaired) electrons. The Hall–Kier alpha value is -1.12. The number of fused-ring (bicyclic) bond motifs is 1. The van der Waals surface area contributed by atoms with Crippen LogP contribution >= 0.6 is 11.3 Å². The van der Waals surface area contributed by atoms with Gasteiger partial charge in [0.15, 0.2) is 0 Å². The summed E-state index contributed by atoms with van der Waals surface area (Å²) in [4.78, 5) is 1.55. The third-order valence-electron chi connectivity index (χ3n) is 4.45. The number of hydrogen-bond donors (Lipinski definition) is 1. The van der Waals surface area contributed by atoms with E-state index in [2.05, 4.69) is 43.5 Å². The summed E-state index contributed by atoms with van der Waals surface area (Å²) in [6.45, 7) is 4.32. The van der Waals surface area contributed by atoms with Gasteiger partial charge in [-0.1, -0.05) is 18.2 Å². The Balaban J connectivity index is 1.93. The van der Waals surface area contributed by atoms with Gasteiger partial charge in [0, 0.05) is 16.8 Å². The molecule has 2 N–H and O–H groups in total. The smallest absolute Gasteiger partial charge is 0.0364 e. The van der Waals surface area contributed by atoms with Crippen molar-refractivity contribution in [3.63, 3.8) is 0 Å². The van der Waals surface area contributed by atoms with Crippen molar-refractivity contribution in [3.8, 4) is 0 Å². The number of rotatable bonds is 2. The van der Waals surface area contributed by atoms with Crippen LogP contribution < -0.4 is 5.73 Å². The molecular formula is C17H21NS. The Morgan fingerprint density at radius 3 is 2.84 bits per heavy atom. The number of hydrogen-bond acceptors (Lipinski definition) is 2. The fraction of sp³-hybridized carbons (Fsp3) is 0.412. The first-order valence-corrected chi connectivity index (χ1v) is 7.94. The van der Waals surface area contributed by atoms with E-state index in [0.29, 0.717) is 5.92 Å². The average molecular weight is 271 g/mol. The summed E-state index contributed by atoms with van der Waals surface area (Å²) in [5, 5.41) is 2.22. The number of benzene rings is 1. The Morgan fingerprint density at radius 1 is 1.21 bits per heavy atom. The Kier molecular flexibility index (Phi) is 3.46. The van der Waals surface area contributed by atoms with Gasteiger partial charge in [0.1, 0.15) is 0 Å². The van der Waals surface area contributed by atoms with Gasteiger partial charge in [0.2, 0.25) is 0 Å². The van der Waals surface area contributed by atoms with Crippen LogP contribution in [-0.4, -0.2) is 0 Å². The summed E-state index contributed by atoms with van der Waals surface area (Å²) in [5.41, 5.74) is 12.0. The molecule has 2 aromatic rings. The molecule has 1 heterocycles. The molecule has 0 amide bonds. The van der Waals surface area contributed by atoms with Crippen molar-refractivity contribution in [1.82, 2.24) is 0 Å². The van der Waals surface area contributed by atoms with Crippen LogP contribution in [0.5, 0.6) is 0 Å². The molecule has 0 aliphatic heterocycles. The summed E-state index contributed by atoms with van der Waals surface area (Å²) in [7, 11) is 0. The van der Waals surface area contributed by atoms with E-state index < -0.39 is 0 Å². The van der Waals surface area contributed by atoms with Gasteiger partial charge in [-0.3, -0.25) is 0 Å². The van der Waals surface area contributed by atoms with Crippen molar-refractivity contribution < 1.29 is 0 Å². The van der Waals surface area contributed by atoms with Crippen LogP contribution in [0.2, 0.25) is 0 Å². The normalized spacial score (nSPS) is 20.1. The van der Waals surface area contributed by atoms with Crippen molar-refractivity contribution in [2.24, 2.45) is 5.73 Å². The van der Waals surface area contributed by atoms with Gasteiger partial charge in [-0.2, -0.15) is 0 Å². The lowest BCUT2D eigenvalue weighted by Crippen LogP contribution is -2.22. The topological polar surface area (TPSA) is 26.0 Å². The molecule has 0 fully saturated rings. The van der Waals surface area contributed by atoms with Crippen LogP contribution in [0, 0.1) is 13.8 Å². The van der Waals surface area contributed by atoms with Crippen molar-refractivity contribution >= 4 is 11.3 Å². The van der Waals surface area contributed by atoms with Gasteiger partial charge in [-0.05, 0) is 66.8 Å². The first-order chi connectivity index (χ1) is 9.16. The predicted molar refractivity (Wildman–Crippen MR) is 82.8 cm³/mol. The van der Waals surface area contributed by atoms with E-state index in [-0.39, 0.29) is 6.04 Å². The van der Waals surface area contributed by atoms with E-state index in [9.17, 15) is 0 Å². The van der Waals surface area contributed by atoms with Gasteiger partial charge in [-0.25, -0.2) is 0 Å². The first kappa shape index (κ1) is 12.9. The Bertz CT molecular complexity index is 585. The molecule has 1 aromatic heterocycles. The number of aryl methyl sites for hydroxylation is 3. The molecule has 1 aliphatic rings. The lowest BCUT2D eigenvalue weighted by molar-refractivity contribution is 0.479. The highest BCUT2D eigenvalue weighted by Crippen LogP contribution is 2.41. The van der Waals surface area contributed by atoms with Crippen molar-refractivity contribution in [2.45, 2.75) is 45.1 Å². The highest BCUT2D eigenvalue weighted by atomic mass is 32.1. The fourth-order valence-electron chi connectivity index (χ4n) is 3.10. The zero-order valence-electron chi connectivity index (χ0n) is 11.6. The molecule has 0 saturated carbocycles. The minimum absolute atomic E-state index is 0.132. The lowest BCUT2D eigenvalue weighted by Gasteiger charge is -2.28. The molecule has 0 spiro atoms. The number of nitrogens with two attached hydrogens (primary N) is 1. The van der Waals surface area contributed by atoms with E-state index in [1.807, 2.05) is 11.3 Å². The molecule has 1 nitrogen and oxygen atoms in total. The molecule has 3 rings (SSSR count). The van der Waals surface area contributed by atoms with E-state index in [0.717, 1.165) is 0 Å². The fourth-order valence-corrected chi connectivity index (χ4v) is 4.10. The molecule has 1 aromatic carbocycles.